The number of hydrogen-bond acceptors (Lipinski definition) is 2. The topological polar surface area (TPSA) is 62.3 Å². The molecule has 0 spiro atoms. The van der Waals surface area contributed by atoms with Crippen LogP contribution in [0.1, 0.15) is 24.3 Å². The molecule has 0 unspecified atom stereocenters. The second-order valence-corrected chi connectivity index (χ2v) is 4.41. The third kappa shape index (κ3) is 2.41. The van der Waals surface area contributed by atoms with Crippen LogP contribution in [-0.4, -0.2) is 22.7 Å². The van der Waals surface area contributed by atoms with Crippen LogP contribution in [0.5, 0.6) is 5.75 Å². The first kappa shape index (κ1) is 11.5. The largest absolute Gasteiger partial charge is 0.493 e. The molecule has 0 bridgehead atoms. The number of hydrogen-bond donors (Lipinski definition) is 2. The van der Waals surface area contributed by atoms with Crippen molar-refractivity contribution in [1.29, 1.82) is 0 Å². The Morgan fingerprint density at radius 2 is 2.24 bits per heavy atom. The maximum Gasteiger partial charge on any atom is 0.352 e. The fourth-order valence-electron chi connectivity index (χ4n) is 1.62. The van der Waals surface area contributed by atoms with Gasteiger partial charge in [-0.2, -0.15) is 0 Å². The van der Waals surface area contributed by atoms with Gasteiger partial charge in [0.05, 0.1) is 6.61 Å². The maximum atomic E-state index is 10.9. The number of ether oxygens (including phenoxy) is 1. The minimum atomic E-state index is -0.962. The van der Waals surface area contributed by atoms with E-state index in [1.807, 2.05) is 18.2 Å². The van der Waals surface area contributed by atoms with Crippen LogP contribution in [0.4, 0.5) is 0 Å². The molecule has 17 heavy (non-hydrogen) atoms. The molecule has 0 saturated heterocycles. The average molecular weight is 233 g/mol. The molecule has 0 amide bonds. The minimum absolute atomic E-state index is 0.181. The Morgan fingerprint density at radius 3 is 2.88 bits per heavy atom. The Hall–Kier alpha value is -1.97. The molecule has 0 aliphatic carbocycles. The van der Waals surface area contributed by atoms with E-state index in [1.165, 1.54) is 0 Å². The van der Waals surface area contributed by atoms with E-state index in [9.17, 15) is 4.79 Å². The van der Waals surface area contributed by atoms with Gasteiger partial charge < -0.3 is 14.8 Å². The van der Waals surface area contributed by atoms with Crippen molar-refractivity contribution in [3.63, 3.8) is 0 Å². The highest BCUT2D eigenvalue weighted by Crippen LogP contribution is 2.26. The summed E-state index contributed by atoms with van der Waals surface area (Å²) in [5.74, 6) is 0.194. The fourth-order valence-corrected chi connectivity index (χ4v) is 1.62. The number of rotatable bonds is 4. The summed E-state index contributed by atoms with van der Waals surface area (Å²) < 4.78 is 5.66. The highest BCUT2D eigenvalue weighted by atomic mass is 16.5. The van der Waals surface area contributed by atoms with Gasteiger partial charge in [0.2, 0.25) is 0 Å². The lowest BCUT2D eigenvalue weighted by molar-refractivity contribution is 0.0691. The predicted molar refractivity (Wildman–Crippen MR) is 65.6 cm³/mol. The molecule has 1 heterocycles. The maximum absolute atomic E-state index is 10.9. The molecule has 2 aromatic rings. The van der Waals surface area contributed by atoms with Gasteiger partial charge in [0.15, 0.2) is 0 Å². The number of carboxylic acid groups (broad SMARTS) is 1. The quantitative estimate of drug-likeness (QED) is 0.853. The average Bonchev–Trinajstić information content (AvgIpc) is 2.70. The SMILES string of the molecule is CC(C)COc1cccc2[nH]c(C(=O)O)cc12. The summed E-state index contributed by atoms with van der Waals surface area (Å²) in [4.78, 5) is 13.7. The standard InChI is InChI=1S/C13H15NO3/c1-8(2)7-17-12-5-3-4-10-9(12)6-11(14-10)13(15)16/h3-6,8,14H,7H2,1-2H3,(H,15,16). The molecule has 0 saturated carbocycles. The second-order valence-electron chi connectivity index (χ2n) is 4.41. The smallest absolute Gasteiger partial charge is 0.352 e. The van der Waals surface area contributed by atoms with Crippen LogP contribution in [0.2, 0.25) is 0 Å². The van der Waals surface area contributed by atoms with Crippen LogP contribution in [0.3, 0.4) is 0 Å². The van der Waals surface area contributed by atoms with Crippen molar-refractivity contribution in [2.75, 3.05) is 6.61 Å². The molecule has 0 fully saturated rings. The number of fused-ring (bicyclic) bond motifs is 1. The Kier molecular flexibility index (Phi) is 3.04. The number of carbonyl (C=O) groups is 1. The molecule has 2 rings (SSSR count). The van der Waals surface area contributed by atoms with Crippen LogP contribution in [-0.2, 0) is 0 Å². The van der Waals surface area contributed by atoms with Gasteiger partial charge in [-0.1, -0.05) is 19.9 Å². The number of carboxylic acids is 1. The molecule has 0 aliphatic heterocycles. The molecule has 4 nitrogen and oxygen atoms in total. The first-order chi connectivity index (χ1) is 8.08. The molecule has 0 aliphatic rings. The van der Waals surface area contributed by atoms with E-state index in [2.05, 4.69) is 18.8 Å². The lowest BCUT2D eigenvalue weighted by atomic mass is 10.2. The number of benzene rings is 1. The van der Waals surface area contributed by atoms with Crippen molar-refractivity contribution in [3.05, 3.63) is 30.0 Å². The number of aromatic carboxylic acids is 1. The normalized spacial score (nSPS) is 11.0. The highest BCUT2D eigenvalue weighted by molar-refractivity contribution is 5.96. The highest BCUT2D eigenvalue weighted by Gasteiger charge is 2.10. The lowest BCUT2D eigenvalue weighted by Gasteiger charge is -2.09. The summed E-state index contributed by atoms with van der Waals surface area (Å²) in [6, 6.07) is 7.14. The summed E-state index contributed by atoms with van der Waals surface area (Å²) in [5.41, 5.74) is 0.962. The molecule has 0 atom stereocenters. The third-order valence-corrected chi connectivity index (χ3v) is 2.43. The zero-order valence-electron chi connectivity index (χ0n) is 9.86. The number of H-pyrrole nitrogens is 1. The first-order valence-electron chi connectivity index (χ1n) is 5.55. The molecule has 90 valence electrons. The number of aromatic amines is 1. The van der Waals surface area contributed by atoms with Crippen molar-refractivity contribution in [1.82, 2.24) is 4.98 Å². The van der Waals surface area contributed by atoms with E-state index in [0.29, 0.717) is 12.5 Å². The van der Waals surface area contributed by atoms with Crippen LogP contribution in [0.25, 0.3) is 10.9 Å². The van der Waals surface area contributed by atoms with Gasteiger partial charge in [0.1, 0.15) is 11.4 Å². The van der Waals surface area contributed by atoms with Gasteiger partial charge in [-0.05, 0) is 24.1 Å². The second kappa shape index (κ2) is 4.49. The molecular weight excluding hydrogens is 218 g/mol. The van der Waals surface area contributed by atoms with Crippen LogP contribution < -0.4 is 4.74 Å². The first-order valence-corrected chi connectivity index (χ1v) is 5.55. The van der Waals surface area contributed by atoms with Crippen molar-refractivity contribution >= 4 is 16.9 Å². The van der Waals surface area contributed by atoms with E-state index in [0.717, 1.165) is 16.7 Å². The minimum Gasteiger partial charge on any atom is -0.493 e. The van der Waals surface area contributed by atoms with Gasteiger partial charge in [0.25, 0.3) is 0 Å². The lowest BCUT2D eigenvalue weighted by Crippen LogP contribution is -2.04. The summed E-state index contributed by atoms with van der Waals surface area (Å²) in [5, 5.41) is 9.73. The van der Waals surface area contributed by atoms with Gasteiger partial charge in [-0.3, -0.25) is 0 Å². The molecule has 2 N–H and O–H groups in total. The predicted octanol–water partition coefficient (Wildman–Crippen LogP) is 2.90. The van der Waals surface area contributed by atoms with E-state index in [-0.39, 0.29) is 5.69 Å². The molecule has 1 aromatic carbocycles. The van der Waals surface area contributed by atoms with E-state index in [1.54, 1.807) is 6.07 Å². The van der Waals surface area contributed by atoms with E-state index in [4.69, 9.17) is 9.84 Å². The van der Waals surface area contributed by atoms with Gasteiger partial charge >= 0.3 is 5.97 Å². The Bertz CT molecular complexity index is 543. The summed E-state index contributed by atoms with van der Waals surface area (Å²) in [6.45, 7) is 4.76. The van der Waals surface area contributed by atoms with Crippen molar-refractivity contribution in [3.8, 4) is 5.75 Å². The summed E-state index contributed by atoms with van der Waals surface area (Å²) in [7, 11) is 0. The molecular formula is C13H15NO3. The van der Waals surface area contributed by atoms with Gasteiger partial charge in [0, 0.05) is 10.9 Å². The fraction of sp³-hybridized carbons (Fsp3) is 0.308. The van der Waals surface area contributed by atoms with Crippen molar-refractivity contribution < 1.29 is 14.6 Å². The Morgan fingerprint density at radius 1 is 1.47 bits per heavy atom. The third-order valence-electron chi connectivity index (χ3n) is 2.43. The zero-order chi connectivity index (χ0) is 12.4. The zero-order valence-corrected chi connectivity index (χ0v) is 9.86. The van der Waals surface area contributed by atoms with E-state index >= 15 is 0 Å². The van der Waals surface area contributed by atoms with Crippen molar-refractivity contribution in [2.24, 2.45) is 5.92 Å². The van der Waals surface area contributed by atoms with Crippen LogP contribution >= 0.6 is 0 Å². The van der Waals surface area contributed by atoms with Gasteiger partial charge in [-0.25, -0.2) is 4.79 Å². The Labute approximate surface area is 99.2 Å². The number of nitrogens with one attached hydrogen (secondary N) is 1. The Balaban J connectivity index is 2.38. The van der Waals surface area contributed by atoms with Gasteiger partial charge in [-0.15, -0.1) is 0 Å². The van der Waals surface area contributed by atoms with Crippen LogP contribution in [0, 0.1) is 5.92 Å². The van der Waals surface area contributed by atoms with Crippen LogP contribution in [0.15, 0.2) is 24.3 Å². The molecule has 4 heteroatoms. The number of aromatic nitrogens is 1. The monoisotopic (exact) mass is 233 g/mol. The summed E-state index contributed by atoms with van der Waals surface area (Å²) >= 11 is 0. The van der Waals surface area contributed by atoms with E-state index < -0.39 is 5.97 Å². The molecule has 1 aromatic heterocycles. The summed E-state index contributed by atoms with van der Waals surface area (Å²) in [6.07, 6.45) is 0. The van der Waals surface area contributed by atoms with Crippen molar-refractivity contribution in [2.45, 2.75) is 13.8 Å². The molecule has 0 radical (unpaired) electrons.